The van der Waals surface area contributed by atoms with E-state index in [0.717, 1.165) is 31.4 Å². The van der Waals surface area contributed by atoms with Crippen molar-refractivity contribution in [2.24, 2.45) is 0 Å². The molecule has 0 radical (unpaired) electrons. The van der Waals surface area contributed by atoms with Crippen LogP contribution in [0, 0.1) is 0 Å². The molecule has 1 N–H and O–H groups in total. The predicted molar refractivity (Wildman–Crippen MR) is 72.2 cm³/mol. The van der Waals surface area contributed by atoms with E-state index in [2.05, 4.69) is 4.98 Å². The number of halogens is 1. The van der Waals surface area contributed by atoms with Gasteiger partial charge in [0, 0.05) is 24.5 Å². The van der Waals surface area contributed by atoms with E-state index in [-0.39, 0.29) is 6.04 Å². The molecule has 1 aliphatic carbocycles. The summed E-state index contributed by atoms with van der Waals surface area (Å²) in [6, 6.07) is 1.79. The van der Waals surface area contributed by atoms with Crippen molar-refractivity contribution in [2.45, 2.75) is 49.4 Å². The molecule has 1 aromatic rings. The highest BCUT2D eigenvalue weighted by molar-refractivity contribution is 7.89. The summed E-state index contributed by atoms with van der Waals surface area (Å²) in [6.45, 7) is 2.42. The van der Waals surface area contributed by atoms with Gasteiger partial charge in [0.05, 0.1) is 10.8 Å². The van der Waals surface area contributed by atoms with Crippen molar-refractivity contribution in [3.63, 3.8) is 0 Å². The summed E-state index contributed by atoms with van der Waals surface area (Å²) in [4.78, 5) is 3.22. The number of alkyl halides is 1. The van der Waals surface area contributed by atoms with Crippen molar-refractivity contribution in [3.8, 4) is 0 Å². The minimum absolute atomic E-state index is 0.161. The third kappa shape index (κ3) is 2.58. The monoisotopic (exact) mass is 290 g/mol. The van der Waals surface area contributed by atoms with Gasteiger partial charge in [0.25, 0.3) is 0 Å². The summed E-state index contributed by atoms with van der Waals surface area (Å²) in [5.41, 5.74) is 0.734. The Hall–Kier alpha value is -0.520. The van der Waals surface area contributed by atoms with Crippen molar-refractivity contribution in [3.05, 3.63) is 18.0 Å². The maximum atomic E-state index is 12.5. The van der Waals surface area contributed by atoms with E-state index in [4.69, 9.17) is 11.6 Å². The van der Waals surface area contributed by atoms with E-state index >= 15 is 0 Å². The van der Waals surface area contributed by atoms with Crippen molar-refractivity contribution >= 4 is 21.6 Å². The summed E-state index contributed by atoms with van der Waals surface area (Å²) in [6.07, 6.45) is 5.72. The zero-order valence-electron chi connectivity index (χ0n) is 10.5. The van der Waals surface area contributed by atoms with E-state index < -0.39 is 10.0 Å². The summed E-state index contributed by atoms with van der Waals surface area (Å²) in [5.74, 6) is 0.297. The maximum Gasteiger partial charge on any atom is 0.244 e. The summed E-state index contributed by atoms with van der Waals surface area (Å²) in [7, 11) is -3.38. The van der Waals surface area contributed by atoms with Crippen LogP contribution in [0.1, 0.15) is 38.3 Å². The van der Waals surface area contributed by atoms with Gasteiger partial charge in [-0.1, -0.05) is 19.8 Å². The Kier molecular flexibility index (Phi) is 4.35. The normalized spacial score (nSPS) is 17.7. The van der Waals surface area contributed by atoms with Crippen LogP contribution < -0.4 is 0 Å². The van der Waals surface area contributed by atoms with Crippen molar-refractivity contribution in [1.29, 1.82) is 0 Å². The number of rotatable bonds is 5. The smallest absolute Gasteiger partial charge is 0.244 e. The van der Waals surface area contributed by atoms with Crippen LogP contribution in [-0.4, -0.2) is 30.3 Å². The Morgan fingerprint density at radius 3 is 2.61 bits per heavy atom. The topological polar surface area (TPSA) is 53.2 Å². The summed E-state index contributed by atoms with van der Waals surface area (Å²) in [5, 5.41) is 0. The van der Waals surface area contributed by atoms with Gasteiger partial charge in [0.2, 0.25) is 10.0 Å². The molecule has 1 aliphatic rings. The molecule has 0 aliphatic heterocycles. The molecule has 0 unspecified atom stereocenters. The molecule has 0 spiro atoms. The highest BCUT2D eigenvalue weighted by Gasteiger charge is 2.32. The van der Waals surface area contributed by atoms with Crippen LogP contribution in [0.2, 0.25) is 0 Å². The molecule has 0 bridgehead atoms. The molecule has 1 fully saturated rings. The maximum absolute atomic E-state index is 12.5. The van der Waals surface area contributed by atoms with Crippen LogP contribution in [0.4, 0.5) is 0 Å². The first-order valence-electron chi connectivity index (χ1n) is 6.34. The molecule has 2 rings (SSSR count). The Balaban J connectivity index is 2.27. The number of hydrogen-bond acceptors (Lipinski definition) is 2. The second-order valence-corrected chi connectivity index (χ2v) is 6.80. The van der Waals surface area contributed by atoms with Gasteiger partial charge in [-0.25, -0.2) is 8.42 Å². The second-order valence-electron chi connectivity index (χ2n) is 4.64. The van der Waals surface area contributed by atoms with Gasteiger partial charge in [-0.3, -0.25) is 0 Å². The molecule has 6 heteroatoms. The number of aromatic amines is 1. The molecule has 1 heterocycles. The van der Waals surface area contributed by atoms with Crippen LogP contribution in [0.15, 0.2) is 17.2 Å². The van der Waals surface area contributed by atoms with Crippen molar-refractivity contribution in [1.82, 2.24) is 9.29 Å². The van der Waals surface area contributed by atoms with Crippen molar-refractivity contribution in [2.75, 3.05) is 6.54 Å². The fourth-order valence-electron chi connectivity index (χ4n) is 2.60. The second kappa shape index (κ2) is 5.63. The van der Waals surface area contributed by atoms with Gasteiger partial charge in [-0.05, 0) is 18.9 Å². The van der Waals surface area contributed by atoms with Crippen LogP contribution in [0.5, 0.6) is 0 Å². The lowest BCUT2D eigenvalue weighted by Crippen LogP contribution is -2.38. The quantitative estimate of drug-likeness (QED) is 0.848. The fourth-order valence-corrected chi connectivity index (χ4v) is 4.46. The first-order chi connectivity index (χ1) is 8.59. The Morgan fingerprint density at radius 2 is 2.11 bits per heavy atom. The molecule has 1 aromatic heterocycles. The minimum atomic E-state index is -3.38. The van der Waals surface area contributed by atoms with E-state index in [1.165, 1.54) is 6.20 Å². The molecule has 0 amide bonds. The van der Waals surface area contributed by atoms with Gasteiger partial charge in [0.15, 0.2) is 0 Å². The molecular weight excluding hydrogens is 272 g/mol. The molecule has 18 heavy (non-hydrogen) atoms. The number of hydrogen-bond donors (Lipinski definition) is 1. The van der Waals surface area contributed by atoms with Gasteiger partial charge in [-0.15, -0.1) is 11.6 Å². The summed E-state index contributed by atoms with van der Waals surface area (Å²) < 4.78 is 26.7. The first-order valence-corrected chi connectivity index (χ1v) is 8.32. The van der Waals surface area contributed by atoms with Crippen LogP contribution in [0.3, 0.4) is 0 Å². The highest BCUT2D eigenvalue weighted by atomic mass is 35.5. The van der Waals surface area contributed by atoms with Crippen LogP contribution in [0.25, 0.3) is 0 Å². The Morgan fingerprint density at radius 1 is 1.44 bits per heavy atom. The predicted octanol–water partition coefficient (Wildman–Crippen LogP) is 2.71. The third-order valence-corrected chi connectivity index (χ3v) is 5.80. The van der Waals surface area contributed by atoms with Crippen LogP contribution >= 0.6 is 11.6 Å². The molecule has 4 nitrogen and oxygen atoms in total. The van der Waals surface area contributed by atoms with Crippen molar-refractivity contribution < 1.29 is 8.42 Å². The number of aromatic nitrogens is 1. The SMILES string of the molecule is CCN(C1CCCC1)S(=O)(=O)c1c[nH]c(CCl)c1. The standard InChI is InChI=1S/C12H19ClN2O2S/c1-2-15(11-5-3-4-6-11)18(16,17)12-7-10(8-13)14-9-12/h7,9,11,14H,2-6,8H2,1H3. The molecule has 102 valence electrons. The molecule has 0 aromatic carbocycles. The highest BCUT2D eigenvalue weighted by Crippen LogP contribution is 2.28. The Labute approximate surface area is 113 Å². The molecule has 0 atom stereocenters. The van der Waals surface area contributed by atoms with E-state index in [0.29, 0.717) is 17.3 Å². The number of nitrogens with zero attached hydrogens (tertiary/aromatic N) is 1. The average Bonchev–Trinajstić information content (AvgIpc) is 3.00. The lowest BCUT2D eigenvalue weighted by molar-refractivity contribution is 0.335. The average molecular weight is 291 g/mol. The first kappa shape index (κ1) is 13.9. The molecule has 0 saturated heterocycles. The zero-order chi connectivity index (χ0) is 13.2. The van der Waals surface area contributed by atoms with Crippen LogP contribution in [-0.2, 0) is 15.9 Å². The third-order valence-electron chi connectivity index (χ3n) is 3.51. The van der Waals surface area contributed by atoms with E-state index in [9.17, 15) is 8.42 Å². The number of H-pyrrole nitrogens is 1. The number of nitrogens with one attached hydrogen (secondary N) is 1. The number of sulfonamides is 1. The van der Waals surface area contributed by atoms with Gasteiger partial charge in [0.1, 0.15) is 0 Å². The largest absolute Gasteiger partial charge is 0.363 e. The van der Waals surface area contributed by atoms with E-state index in [1.54, 1.807) is 10.4 Å². The zero-order valence-corrected chi connectivity index (χ0v) is 12.1. The molecular formula is C12H19ClN2O2S. The Bertz CT molecular complexity index is 492. The summed E-state index contributed by atoms with van der Waals surface area (Å²) >= 11 is 5.69. The van der Waals surface area contributed by atoms with Gasteiger partial charge in [-0.2, -0.15) is 4.31 Å². The van der Waals surface area contributed by atoms with Gasteiger partial charge >= 0.3 is 0 Å². The molecule has 1 saturated carbocycles. The fraction of sp³-hybridized carbons (Fsp3) is 0.667. The minimum Gasteiger partial charge on any atom is -0.363 e. The van der Waals surface area contributed by atoms with E-state index in [1.807, 2.05) is 6.92 Å². The van der Waals surface area contributed by atoms with Gasteiger partial charge < -0.3 is 4.98 Å². The lowest BCUT2D eigenvalue weighted by atomic mass is 10.2. The lowest BCUT2D eigenvalue weighted by Gasteiger charge is -2.26.